The number of amides is 1. The van der Waals surface area contributed by atoms with Crippen LogP contribution in [0.25, 0.3) is 0 Å². The molecule has 0 bridgehead atoms. The molecular formula is C69H124N2O6P+. The van der Waals surface area contributed by atoms with Gasteiger partial charge in [-0.1, -0.05) is 290 Å². The standard InChI is InChI=1S/C69H123N2O6P/c1-6-8-10-12-14-16-18-20-22-24-25-26-27-28-29-30-31-32-33-34-35-36-37-38-39-40-41-42-43-44-45-47-49-51-53-55-57-59-61-63-69(73)70-67(66-77-78(74,75)76-65-64-71(3,4)5)68(72)62-60-58-56-54-52-50-48-46-23-21-19-17-15-13-11-9-7-2/h8,10,14,16,20,22,25-26,28-29,31-32,34-35,37-38,60,62,67-68,72H,6-7,9,11-13,15,17-19,21,23-24,27,30,33,36,39-59,61,63-66H2,1-5H3,(H-,70,73,74,75)/p+1/b10-8-,16-14-,22-20-,26-25-,29-28-,32-31-,35-34-,38-37-,62-60+. The Morgan fingerprint density at radius 2 is 0.769 bits per heavy atom. The summed E-state index contributed by atoms with van der Waals surface area (Å²) in [5.41, 5.74) is 0. The zero-order chi connectivity index (χ0) is 57.0. The second-order valence-electron chi connectivity index (χ2n) is 22.8. The number of allylic oxidation sites excluding steroid dienone is 17. The number of unbranched alkanes of at least 4 members (excludes halogenated alkanes) is 29. The number of phosphoric acid groups is 1. The van der Waals surface area contributed by atoms with E-state index in [1.54, 1.807) is 6.08 Å². The van der Waals surface area contributed by atoms with Crippen molar-refractivity contribution in [1.29, 1.82) is 0 Å². The Morgan fingerprint density at radius 1 is 0.449 bits per heavy atom. The van der Waals surface area contributed by atoms with Gasteiger partial charge in [-0.25, -0.2) is 4.57 Å². The smallest absolute Gasteiger partial charge is 0.387 e. The summed E-state index contributed by atoms with van der Waals surface area (Å²) in [5.74, 6) is -0.179. The highest BCUT2D eigenvalue weighted by molar-refractivity contribution is 7.47. The molecule has 0 aliphatic heterocycles. The second-order valence-corrected chi connectivity index (χ2v) is 24.2. The lowest BCUT2D eigenvalue weighted by Crippen LogP contribution is -2.45. The van der Waals surface area contributed by atoms with E-state index in [-0.39, 0.29) is 19.1 Å². The number of nitrogens with one attached hydrogen (secondary N) is 1. The van der Waals surface area contributed by atoms with E-state index in [2.05, 4.69) is 116 Å². The third kappa shape index (κ3) is 60.8. The highest BCUT2D eigenvalue weighted by atomic mass is 31.2. The molecule has 0 aliphatic rings. The monoisotopic (exact) mass is 1110 g/mol. The molecule has 1 amide bonds. The fourth-order valence-corrected chi connectivity index (χ4v) is 9.74. The van der Waals surface area contributed by atoms with E-state index in [4.69, 9.17) is 9.05 Å². The fourth-order valence-electron chi connectivity index (χ4n) is 9.00. The Hall–Kier alpha value is -2.84. The molecule has 78 heavy (non-hydrogen) atoms. The van der Waals surface area contributed by atoms with Gasteiger partial charge in [0.2, 0.25) is 5.91 Å². The molecule has 0 aromatic rings. The predicted molar refractivity (Wildman–Crippen MR) is 341 cm³/mol. The minimum atomic E-state index is -4.35. The summed E-state index contributed by atoms with van der Waals surface area (Å²) in [6.07, 6.45) is 86.3. The first-order valence-electron chi connectivity index (χ1n) is 32.3. The van der Waals surface area contributed by atoms with E-state index < -0.39 is 20.0 Å². The van der Waals surface area contributed by atoms with Gasteiger partial charge in [-0.15, -0.1) is 0 Å². The highest BCUT2D eigenvalue weighted by Crippen LogP contribution is 2.43. The van der Waals surface area contributed by atoms with Crippen molar-refractivity contribution in [2.24, 2.45) is 0 Å². The molecule has 0 saturated heterocycles. The van der Waals surface area contributed by atoms with Crippen LogP contribution in [0.4, 0.5) is 0 Å². The van der Waals surface area contributed by atoms with Gasteiger partial charge in [-0.05, 0) is 83.5 Å². The predicted octanol–water partition coefficient (Wildman–Crippen LogP) is 20.3. The molecule has 0 spiro atoms. The maximum Gasteiger partial charge on any atom is 0.472 e. The summed E-state index contributed by atoms with van der Waals surface area (Å²) < 4.78 is 23.7. The molecule has 0 aromatic carbocycles. The van der Waals surface area contributed by atoms with Crippen molar-refractivity contribution in [2.75, 3.05) is 40.9 Å². The first kappa shape index (κ1) is 75.2. The lowest BCUT2D eigenvalue weighted by molar-refractivity contribution is -0.870. The third-order valence-electron chi connectivity index (χ3n) is 14.0. The van der Waals surface area contributed by atoms with Crippen LogP contribution in [0.1, 0.15) is 271 Å². The number of nitrogens with zero attached hydrogens (tertiary/aromatic N) is 1. The molecule has 9 heteroatoms. The first-order valence-corrected chi connectivity index (χ1v) is 33.8. The van der Waals surface area contributed by atoms with Crippen LogP contribution in [-0.2, 0) is 18.4 Å². The van der Waals surface area contributed by atoms with Crippen molar-refractivity contribution in [3.8, 4) is 0 Å². The van der Waals surface area contributed by atoms with E-state index in [1.165, 1.54) is 161 Å². The number of carbonyl (C=O) groups excluding carboxylic acids is 1. The fraction of sp³-hybridized carbons (Fsp3) is 0.725. The van der Waals surface area contributed by atoms with Gasteiger partial charge < -0.3 is 19.8 Å². The number of aliphatic hydroxyl groups excluding tert-OH is 1. The molecule has 0 aliphatic carbocycles. The minimum absolute atomic E-state index is 0.0583. The number of hydrogen-bond acceptors (Lipinski definition) is 5. The van der Waals surface area contributed by atoms with Gasteiger partial charge in [0, 0.05) is 6.42 Å². The van der Waals surface area contributed by atoms with Crippen LogP contribution in [0.15, 0.2) is 109 Å². The van der Waals surface area contributed by atoms with Crippen LogP contribution in [-0.4, -0.2) is 73.4 Å². The molecule has 0 aromatic heterocycles. The number of rotatable bonds is 58. The number of hydrogen-bond donors (Lipinski definition) is 3. The Kier molecular flexibility index (Phi) is 56.7. The van der Waals surface area contributed by atoms with E-state index >= 15 is 0 Å². The van der Waals surface area contributed by atoms with Gasteiger partial charge in [-0.3, -0.25) is 13.8 Å². The number of aliphatic hydroxyl groups is 1. The van der Waals surface area contributed by atoms with Crippen molar-refractivity contribution in [3.05, 3.63) is 109 Å². The Labute approximate surface area is 482 Å². The lowest BCUT2D eigenvalue weighted by atomic mass is 10.0. The average Bonchev–Trinajstić information content (AvgIpc) is 3.40. The van der Waals surface area contributed by atoms with E-state index in [9.17, 15) is 19.4 Å². The third-order valence-corrected chi connectivity index (χ3v) is 15.0. The molecule has 8 nitrogen and oxygen atoms in total. The summed E-state index contributed by atoms with van der Waals surface area (Å²) in [7, 11) is 1.57. The number of carbonyl (C=O) groups is 1. The largest absolute Gasteiger partial charge is 0.472 e. The second kappa shape index (κ2) is 58.8. The van der Waals surface area contributed by atoms with E-state index in [0.717, 1.165) is 89.9 Å². The molecule has 0 rings (SSSR count). The molecule has 3 unspecified atom stereocenters. The van der Waals surface area contributed by atoms with Gasteiger partial charge >= 0.3 is 7.82 Å². The van der Waals surface area contributed by atoms with Crippen LogP contribution in [0.3, 0.4) is 0 Å². The summed E-state index contributed by atoms with van der Waals surface area (Å²) in [5, 5.41) is 14.0. The van der Waals surface area contributed by atoms with Crippen molar-refractivity contribution < 1.29 is 32.9 Å². The maximum absolute atomic E-state index is 13.0. The molecule has 0 saturated carbocycles. The van der Waals surface area contributed by atoms with Crippen LogP contribution in [0.2, 0.25) is 0 Å². The van der Waals surface area contributed by atoms with Crippen LogP contribution < -0.4 is 5.32 Å². The zero-order valence-electron chi connectivity index (χ0n) is 51.4. The molecule has 0 radical (unpaired) electrons. The Balaban J connectivity index is 4.06. The van der Waals surface area contributed by atoms with Crippen LogP contribution in [0.5, 0.6) is 0 Å². The van der Waals surface area contributed by atoms with Gasteiger partial charge in [0.25, 0.3) is 0 Å². The maximum atomic E-state index is 13.0. The summed E-state index contributed by atoms with van der Waals surface area (Å²) in [6.45, 7) is 4.71. The first-order chi connectivity index (χ1) is 38.0. The van der Waals surface area contributed by atoms with E-state index in [0.29, 0.717) is 17.4 Å². The SMILES string of the molecule is CC/C=C\C/C=C\C/C=C\C/C=C\C/C=C\C/C=C\C/C=C\C/C=C\CCCCCCCCCCCCCCCCC(=O)NC(COP(=O)(O)OCC[N+](C)(C)C)C(O)/C=C/CCCCCCCCCCCCCCCCC. The van der Waals surface area contributed by atoms with Gasteiger partial charge in [0.05, 0.1) is 39.9 Å². The summed E-state index contributed by atoms with van der Waals surface area (Å²) in [4.78, 5) is 23.3. The molecule has 0 fully saturated rings. The van der Waals surface area contributed by atoms with E-state index in [1.807, 2.05) is 27.2 Å². The minimum Gasteiger partial charge on any atom is -0.387 e. The molecule has 450 valence electrons. The summed E-state index contributed by atoms with van der Waals surface area (Å²) >= 11 is 0. The quantitative estimate of drug-likeness (QED) is 0.0243. The van der Waals surface area contributed by atoms with Crippen molar-refractivity contribution in [3.63, 3.8) is 0 Å². The average molecular weight is 1110 g/mol. The van der Waals surface area contributed by atoms with Crippen molar-refractivity contribution in [2.45, 2.75) is 283 Å². The number of quaternary nitrogens is 1. The lowest BCUT2D eigenvalue weighted by Gasteiger charge is -2.25. The topological polar surface area (TPSA) is 105 Å². The van der Waals surface area contributed by atoms with Crippen molar-refractivity contribution >= 4 is 13.7 Å². The highest BCUT2D eigenvalue weighted by Gasteiger charge is 2.27. The molecule has 3 N–H and O–H groups in total. The zero-order valence-corrected chi connectivity index (χ0v) is 52.3. The Bertz CT molecular complexity index is 1640. The van der Waals surface area contributed by atoms with Crippen LogP contribution >= 0.6 is 7.82 Å². The van der Waals surface area contributed by atoms with Crippen LogP contribution in [0, 0.1) is 0 Å². The molecule has 0 heterocycles. The molecule has 3 atom stereocenters. The number of phosphoric ester groups is 1. The van der Waals surface area contributed by atoms with Gasteiger partial charge in [-0.2, -0.15) is 0 Å². The van der Waals surface area contributed by atoms with Gasteiger partial charge in [0.1, 0.15) is 13.2 Å². The summed E-state index contributed by atoms with van der Waals surface area (Å²) in [6, 6.07) is -0.852. The number of likely N-dealkylation sites (N-methyl/N-ethyl adjacent to an activating group) is 1. The Morgan fingerprint density at radius 3 is 1.13 bits per heavy atom. The van der Waals surface area contributed by atoms with Gasteiger partial charge in [0.15, 0.2) is 0 Å². The van der Waals surface area contributed by atoms with Crippen molar-refractivity contribution in [1.82, 2.24) is 5.32 Å². The normalized spacial score (nSPS) is 14.5. The molecular weight excluding hydrogens is 984 g/mol.